The van der Waals surface area contributed by atoms with Crippen LogP contribution in [-0.4, -0.2) is 6.41 Å². The minimum Gasteiger partial charge on any atom is -0.352 e. The third-order valence-electron chi connectivity index (χ3n) is 2.49. The Morgan fingerprint density at radius 2 is 1.71 bits per heavy atom. The lowest BCUT2D eigenvalue weighted by Gasteiger charge is -2.17. The smallest absolute Gasteiger partial charge is 0.207 e. The number of carbonyl (C=O) groups excluding carboxylic acids is 1. The second-order valence-corrected chi connectivity index (χ2v) is 3.82. The van der Waals surface area contributed by atoms with Crippen molar-refractivity contribution in [2.24, 2.45) is 0 Å². The van der Waals surface area contributed by atoms with Gasteiger partial charge in [-0.25, -0.2) is 0 Å². The molecule has 0 aliphatic heterocycles. The molecule has 0 saturated carbocycles. The molecule has 1 rings (SSSR count). The summed E-state index contributed by atoms with van der Waals surface area (Å²) in [6, 6.07) is 4.38. The van der Waals surface area contributed by atoms with E-state index in [-0.39, 0.29) is 6.04 Å². The molecule has 0 bridgehead atoms. The van der Waals surface area contributed by atoms with Crippen LogP contribution in [0.3, 0.4) is 0 Å². The van der Waals surface area contributed by atoms with E-state index in [1.807, 2.05) is 6.92 Å². The van der Waals surface area contributed by atoms with Gasteiger partial charge in [-0.2, -0.15) is 0 Å². The minimum atomic E-state index is 0.0908. The predicted octanol–water partition coefficient (Wildman–Crippen LogP) is 2.42. The molecule has 1 amide bonds. The molecular weight excluding hydrogens is 174 g/mol. The molecule has 0 heterocycles. The summed E-state index contributed by atoms with van der Waals surface area (Å²) in [6.07, 6.45) is 0.753. The standard InChI is InChI=1S/C12H17NO/c1-8-5-9(2)12(10(3)6-8)11(4)13-7-14/h5-7,11H,1-4H3,(H,13,14)/t11-/m1/s1. The van der Waals surface area contributed by atoms with E-state index in [1.54, 1.807) is 0 Å². The molecule has 0 unspecified atom stereocenters. The Balaban J connectivity index is 3.13. The molecule has 76 valence electrons. The average Bonchev–Trinajstić information content (AvgIpc) is 2.01. The van der Waals surface area contributed by atoms with E-state index in [1.165, 1.54) is 22.3 Å². The molecule has 0 aliphatic carbocycles. The van der Waals surface area contributed by atoms with Gasteiger partial charge in [-0.1, -0.05) is 17.7 Å². The van der Waals surface area contributed by atoms with Crippen LogP contribution in [0.4, 0.5) is 0 Å². The van der Waals surface area contributed by atoms with Gasteiger partial charge in [0, 0.05) is 0 Å². The molecule has 0 spiro atoms. The van der Waals surface area contributed by atoms with E-state index in [0.717, 1.165) is 6.41 Å². The van der Waals surface area contributed by atoms with Gasteiger partial charge in [-0.15, -0.1) is 0 Å². The first kappa shape index (κ1) is 10.8. The van der Waals surface area contributed by atoms with Crippen LogP contribution in [0.25, 0.3) is 0 Å². The van der Waals surface area contributed by atoms with Gasteiger partial charge in [-0.05, 0) is 44.4 Å². The number of aryl methyl sites for hydroxylation is 3. The van der Waals surface area contributed by atoms with E-state index < -0.39 is 0 Å². The largest absolute Gasteiger partial charge is 0.352 e. The molecule has 1 aromatic rings. The summed E-state index contributed by atoms with van der Waals surface area (Å²) in [4.78, 5) is 10.4. The van der Waals surface area contributed by atoms with E-state index in [9.17, 15) is 4.79 Å². The van der Waals surface area contributed by atoms with Crippen molar-refractivity contribution in [2.45, 2.75) is 33.7 Å². The quantitative estimate of drug-likeness (QED) is 0.730. The Bertz CT molecular complexity index is 321. The normalized spacial score (nSPS) is 12.3. The molecule has 0 fully saturated rings. The highest BCUT2D eigenvalue weighted by atomic mass is 16.1. The van der Waals surface area contributed by atoms with Gasteiger partial charge in [0.25, 0.3) is 0 Å². The number of benzene rings is 1. The number of nitrogens with one attached hydrogen (secondary N) is 1. The summed E-state index contributed by atoms with van der Waals surface area (Å²) < 4.78 is 0. The van der Waals surface area contributed by atoms with Gasteiger partial charge >= 0.3 is 0 Å². The lowest BCUT2D eigenvalue weighted by atomic mass is 9.95. The topological polar surface area (TPSA) is 29.1 Å². The number of hydrogen-bond donors (Lipinski definition) is 1. The maximum atomic E-state index is 10.4. The molecule has 1 atom stereocenters. The van der Waals surface area contributed by atoms with Crippen molar-refractivity contribution in [3.05, 3.63) is 34.4 Å². The Morgan fingerprint density at radius 1 is 1.21 bits per heavy atom. The van der Waals surface area contributed by atoms with Crippen molar-refractivity contribution in [1.82, 2.24) is 5.32 Å². The molecule has 1 aromatic carbocycles. The van der Waals surface area contributed by atoms with Crippen molar-refractivity contribution in [2.75, 3.05) is 0 Å². The molecule has 0 aromatic heterocycles. The summed E-state index contributed by atoms with van der Waals surface area (Å²) >= 11 is 0. The molecular formula is C12H17NO. The first-order valence-electron chi connectivity index (χ1n) is 4.83. The lowest BCUT2D eigenvalue weighted by Crippen LogP contribution is -2.18. The van der Waals surface area contributed by atoms with Crippen molar-refractivity contribution in [3.8, 4) is 0 Å². The Labute approximate surface area is 85.3 Å². The summed E-state index contributed by atoms with van der Waals surface area (Å²) in [5.74, 6) is 0. The van der Waals surface area contributed by atoms with E-state index in [4.69, 9.17) is 0 Å². The molecule has 2 heteroatoms. The molecule has 1 N–H and O–H groups in total. The highest BCUT2D eigenvalue weighted by Gasteiger charge is 2.10. The average molecular weight is 191 g/mol. The second-order valence-electron chi connectivity index (χ2n) is 3.82. The van der Waals surface area contributed by atoms with Crippen LogP contribution >= 0.6 is 0 Å². The Morgan fingerprint density at radius 3 is 2.14 bits per heavy atom. The lowest BCUT2D eigenvalue weighted by molar-refractivity contribution is -0.110. The summed E-state index contributed by atoms with van der Waals surface area (Å²) in [5.41, 5.74) is 4.97. The zero-order chi connectivity index (χ0) is 10.7. The van der Waals surface area contributed by atoms with E-state index >= 15 is 0 Å². The van der Waals surface area contributed by atoms with E-state index in [0.29, 0.717) is 0 Å². The first-order chi connectivity index (χ1) is 6.56. The third-order valence-corrected chi connectivity index (χ3v) is 2.49. The van der Waals surface area contributed by atoms with Gasteiger partial charge in [-0.3, -0.25) is 4.79 Å². The fourth-order valence-electron chi connectivity index (χ4n) is 2.06. The SMILES string of the molecule is Cc1cc(C)c([C@@H](C)NC=O)c(C)c1. The number of carbonyl (C=O) groups is 1. The zero-order valence-electron chi connectivity index (χ0n) is 9.22. The van der Waals surface area contributed by atoms with Crippen LogP contribution in [0.15, 0.2) is 12.1 Å². The molecule has 0 saturated heterocycles. The van der Waals surface area contributed by atoms with Crippen molar-refractivity contribution in [1.29, 1.82) is 0 Å². The van der Waals surface area contributed by atoms with Crippen LogP contribution in [0, 0.1) is 20.8 Å². The maximum absolute atomic E-state index is 10.4. The number of amides is 1. The van der Waals surface area contributed by atoms with Crippen molar-refractivity contribution in [3.63, 3.8) is 0 Å². The van der Waals surface area contributed by atoms with Gasteiger partial charge < -0.3 is 5.32 Å². The van der Waals surface area contributed by atoms with E-state index in [2.05, 4.69) is 38.2 Å². The van der Waals surface area contributed by atoms with Crippen LogP contribution in [0.5, 0.6) is 0 Å². The molecule has 0 aliphatic rings. The molecule has 2 nitrogen and oxygen atoms in total. The third kappa shape index (κ3) is 2.13. The first-order valence-corrected chi connectivity index (χ1v) is 4.83. The fraction of sp³-hybridized carbons (Fsp3) is 0.417. The van der Waals surface area contributed by atoms with Crippen LogP contribution in [0.2, 0.25) is 0 Å². The molecule has 14 heavy (non-hydrogen) atoms. The summed E-state index contributed by atoms with van der Waals surface area (Å²) in [7, 11) is 0. The number of rotatable bonds is 3. The monoisotopic (exact) mass is 191 g/mol. The molecule has 0 radical (unpaired) electrons. The van der Waals surface area contributed by atoms with Crippen molar-refractivity contribution < 1.29 is 4.79 Å². The Kier molecular flexibility index (Phi) is 3.28. The van der Waals surface area contributed by atoms with Gasteiger partial charge in [0.1, 0.15) is 0 Å². The minimum absolute atomic E-state index is 0.0908. The predicted molar refractivity (Wildman–Crippen MR) is 58.3 cm³/mol. The second kappa shape index (κ2) is 4.27. The highest BCUT2D eigenvalue weighted by Crippen LogP contribution is 2.22. The van der Waals surface area contributed by atoms with Gasteiger partial charge in [0.2, 0.25) is 6.41 Å². The Hall–Kier alpha value is -1.31. The number of hydrogen-bond acceptors (Lipinski definition) is 1. The highest BCUT2D eigenvalue weighted by molar-refractivity contribution is 5.49. The van der Waals surface area contributed by atoms with Gasteiger partial charge in [0.15, 0.2) is 0 Å². The van der Waals surface area contributed by atoms with Crippen LogP contribution in [-0.2, 0) is 4.79 Å². The summed E-state index contributed by atoms with van der Waals surface area (Å²) in [6.45, 7) is 8.25. The maximum Gasteiger partial charge on any atom is 0.207 e. The zero-order valence-corrected chi connectivity index (χ0v) is 9.22. The summed E-state index contributed by atoms with van der Waals surface area (Å²) in [5, 5.41) is 2.78. The fourth-order valence-corrected chi connectivity index (χ4v) is 2.06. The van der Waals surface area contributed by atoms with Gasteiger partial charge in [0.05, 0.1) is 6.04 Å². The van der Waals surface area contributed by atoms with Crippen molar-refractivity contribution >= 4 is 6.41 Å². The van der Waals surface area contributed by atoms with Crippen LogP contribution in [0.1, 0.15) is 35.2 Å². The van der Waals surface area contributed by atoms with Crippen LogP contribution < -0.4 is 5.32 Å².